The van der Waals surface area contributed by atoms with Crippen molar-refractivity contribution < 1.29 is 19.0 Å². The number of aromatic carboxylic acids is 1. The molecule has 2 unspecified atom stereocenters. The Morgan fingerprint density at radius 2 is 1.88 bits per heavy atom. The number of anilines is 1. The predicted octanol–water partition coefficient (Wildman–Crippen LogP) is 7.46. The maximum atomic E-state index is 15.6. The summed E-state index contributed by atoms with van der Waals surface area (Å²) in [6.45, 7) is 6.94. The Bertz CT molecular complexity index is 1360. The zero-order valence-electron chi connectivity index (χ0n) is 23.6. The first kappa shape index (κ1) is 27.1. The standard InChI is InChI=1S/C33H42FN3O3/c1-2-19-40-24-10-12-26-29(21-24)35-23(13-17-36-15-5-6-16-36)14-18-37-30-20-22(33(38)39)9-11-27(30)31(32(26)37)25-7-3-4-8-28(25)34/h9-12,20-21,23,25,28,35H,2-8,13-19H2,1H3,(H,38,39)/t23?,25?,28-/m0/s1. The van der Waals surface area contributed by atoms with Crippen LogP contribution in [0.15, 0.2) is 36.4 Å². The minimum absolute atomic E-state index is 0.197. The number of carbonyl (C=O) groups is 1. The number of ether oxygens (including phenoxy) is 1. The number of hydrogen-bond donors (Lipinski definition) is 2. The van der Waals surface area contributed by atoms with Gasteiger partial charge < -0.3 is 24.6 Å². The van der Waals surface area contributed by atoms with Crippen LogP contribution in [0.2, 0.25) is 0 Å². The molecule has 1 saturated carbocycles. The molecule has 6 nitrogen and oxygen atoms in total. The Labute approximate surface area is 236 Å². The van der Waals surface area contributed by atoms with Gasteiger partial charge in [0.05, 0.1) is 17.9 Å². The van der Waals surface area contributed by atoms with Gasteiger partial charge in [-0.2, -0.15) is 0 Å². The Kier molecular flexibility index (Phi) is 8.01. The second-order valence-corrected chi connectivity index (χ2v) is 11.9. The topological polar surface area (TPSA) is 66.7 Å². The van der Waals surface area contributed by atoms with Crippen molar-refractivity contribution in [3.8, 4) is 17.0 Å². The lowest BCUT2D eigenvalue weighted by atomic mass is 9.80. The SMILES string of the molecule is CCCOc1ccc2c(c1)NC(CCN1CCCC1)CCn1c-2c(C2CCCC[C@@H]2F)c2ccc(C(=O)O)cc21. The molecule has 1 aromatic heterocycles. The third-order valence-electron chi connectivity index (χ3n) is 9.18. The maximum Gasteiger partial charge on any atom is 0.335 e. The Morgan fingerprint density at radius 1 is 1.05 bits per heavy atom. The highest BCUT2D eigenvalue weighted by Gasteiger charge is 2.34. The van der Waals surface area contributed by atoms with E-state index in [0.717, 1.165) is 90.8 Å². The van der Waals surface area contributed by atoms with Crippen LogP contribution in [0.3, 0.4) is 0 Å². The summed E-state index contributed by atoms with van der Waals surface area (Å²) in [6, 6.07) is 11.9. The monoisotopic (exact) mass is 547 g/mol. The average Bonchev–Trinajstić information content (AvgIpc) is 3.58. The first-order valence-corrected chi connectivity index (χ1v) is 15.3. The van der Waals surface area contributed by atoms with Crippen molar-refractivity contribution in [3.63, 3.8) is 0 Å². The van der Waals surface area contributed by atoms with Crippen molar-refractivity contribution in [2.75, 3.05) is 31.6 Å². The molecule has 3 atom stereocenters. The lowest BCUT2D eigenvalue weighted by Gasteiger charge is -2.31. The third-order valence-corrected chi connectivity index (χ3v) is 9.18. The lowest BCUT2D eigenvalue weighted by Crippen LogP contribution is -2.30. The van der Waals surface area contributed by atoms with E-state index in [1.165, 1.54) is 25.9 Å². The summed E-state index contributed by atoms with van der Waals surface area (Å²) in [4.78, 5) is 14.5. The quantitative estimate of drug-likeness (QED) is 0.306. The summed E-state index contributed by atoms with van der Waals surface area (Å²) in [7, 11) is 0. The number of fused-ring (bicyclic) bond motifs is 5. The molecule has 0 spiro atoms. The molecule has 1 saturated heterocycles. The first-order chi connectivity index (χ1) is 19.5. The highest BCUT2D eigenvalue weighted by atomic mass is 19.1. The summed E-state index contributed by atoms with van der Waals surface area (Å²) in [5, 5.41) is 14.7. The summed E-state index contributed by atoms with van der Waals surface area (Å²) in [6.07, 6.45) is 7.87. The van der Waals surface area contributed by atoms with E-state index in [0.29, 0.717) is 13.0 Å². The number of aryl methyl sites for hydroxylation is 1. The van der Waals surface area contributed by atoms with Crippen molar-refractivity contribution >= 4 is 22.6 Å². The molecule has 7 heteroatoms. The Balaban J connectivity index is 1.50. The molecule has 3 aliphatic rings. The number of nitrogens with one attached hydrogen (secondary N) is 1. The van der Waals surface area contributed by atoms with E-state index in [-0.39, 0.29) is 17.5 Å². The normalized spacial score (nSPS) is 23.2. The van der Waals surface area contributed by atoms with Gasteiger partial charge in [0.2, 0.25) is 0 Å². The van der Waals surface area contributed by atoms with Gasteiger partial charge in [-0.25, -0.2) is 9.18 Å². The van der Waals surface area contributed by atoms with Crippen LogP contribution >= 0.6 is 0 Å². The predicted molar refractivity (Wildman–Crippen MR) is 159 cm³/mol. The van der Waals surface area contributed by atoms with E-state index in [1.807, 2.05) is 12.1 Å². The van der Waals surface area contributed by atoms with Crippen molar-refractivity contribution in [1.29, 1.82) is 0 Å². The highest BCUT2D eigenvalue weighted by molar-refractivity contribution is 5.99. The number of likely N-dealkylation sites (tertiary alicyclic amines) is 1. The van der Waals surface area contributed by atoms with Crippen LogP contribution in [0.5, 0.6) is 5.75 Å². The number of alkyl halides is 1. The number of benzene rings is 2. The van der Waals surface area contributed by atoms with Crippen molar-refractivity contribution in [2.24, 2.45) is 0 Å². The van der Waals surface area contributed by atoms with Gasteiger partial charge in [0, 0.05) is 53.3 Å². The van der Waals surface area contributed by atoms with Crippen LogP contribution in [0.25, 0.3) is 22.2 Å². The molecule has 2 aromatic carbocycles. The average molecular weight is 548 g/mol. The first-order valence-electron chi connectivity index (χ1n) is 15.3. The fourth-order valence-corrected chi connectivity index (χ4v) is 7.12. The van der Waals surface area contributed by atoms with E-state index in [2.05, 4.69) is 33.8 Å². The van der Waals surface area contributed by atoms with Gasteiger partial charge >= 0.3 is 5.97 Å². The molecular formula is C33H42FN3O3. The molecule has 214 valence electrons. The second-order valence-electron chi connectivity index (χ2n) is 11.9. The van der Waals surface area contributed by atoms with Crippen molar-refractivity contribution in [2.45, 2.75) is 89.4 Å². The summed E-state index contributed by atoms with van der Waals surface area (Å²) in [5.41, 5.74) is 5.33. The van der Waals surface area contributed by atoms with Crippen LogP contribution in [0, 0.1) is 0 Å². The van der Waals surface area contributed by atoms with Gasteiger partial charge in [-0.15, -0.1) is 0 Å². The molecule has 0 radical (unpaired) electrons. The Morgan fingerprint density at radius 3 is 2.65 bits per heavy atom. The van der Waals surface area contributed by atoms with Gasteiger partial charge in [0.1, 0.15) is 11.9 Å². The van der Waals surface area contributed by atoms with Crippen LogP contribution in [-0.2, 0) is 6.54 Å². The zero-order chi connectivity index (χ0) is 27.6. The molecule has 1 aliphatic carbocycles. The van der Waals surface area contributed by atoms with Gasteiger partial charge in [0.25, 0.3) is 0 Å². The summed E-state index contributed by atoms with van der Waals surface area (Å²) < 4.78 is 24.0. The molecule has 0 bridgehead atoms. The molecule has 2 aliphatic heterocycles. The molecule has 3 heterocycles. The van der Waals surface area contributed by atoms with E-state index in [9.17, 15) is 9.90 Å². The molecule has 0 amide bonds. The number of carboxylic acids is 1. The number of aromatic nitrogens is 1. The lowest BCUT2D eigenvalue weighted by molar-refractivity contribution is 0.0697. The largest absolute Gasteiger partial charge is 0.494 e. The fraction of sp³-hybridized carbons (Fsp3) is 0.545. The van der Waals surface area contributed by atoms with Gasteiger partial charge in [-0.1, -0.05) is 25.8 Å². The molecular weight excluding hydrogens is 505 g/mol. The Hall–Kier alpha value is -3.06. The van der Waals surface area contributed by atoms with E-state index >= 15 is 4.39 Å². The number of rotatable bonds is 8. The number of nitrogens with zero attached hydrogens (tertiary/aromatic N) is 2. The molecule has 2 fully saturated rings. The minimum Gasteiger partial charge on any atom is -0.494 e. The van der Waals surface area contributed by atoms with Crippen molar-refractivity contribution in [3.05, 3.63) is 47.5 Å². The number of halogens is 1. The summed E-state index contributed by atoms with van der Waals surface area (Å²) >= 11 is 0. The van der Waals surface area contributed by atoms with E-state index in [4.69, 9.17) is 4.74 Å². The van der Waals surface area contributed by atoms with Gasteiger partial charge in [-0.05, 0) is 87.9 Å². The number of carboxylic acid groups (broad SMARTS) is 1. The van der Waals surface area contributed by atoms with Gasteiger partial charge in [0.15, 0.2) is 0 Å². The minimum atomic E-state index is -0.936. The molecule has 3 aromatic rings. The second kappa shape index (κ2) is 11.8. The van der Waals surface area contributed by atoms with Crippen LogP contribution in [0.4, 0.5) is 10.1 Å². The van der Waals surface area contributed by atoms with E-state index < -0.39 is 12.1 Å². The fourth-order valence-electron chi connectivity index (χ4n) is 7.12. The van der Waals surface area contributed by atoms with E-state index in [1.54, 1.807) is 12.1 Å². The molecule has 6 rings (SSSR count). The van der Waals surface area contributed by atoms with Crippen LogP contribution in [0.1, 0.15) is 86.6 Å². The zero-order valence-corrected chi connectivity index (χ0v) is 23.6. The third kappa shape index (κ3) is 5.32. The highest BCUT2D eigenvalue weighted by Crippen LogP contribution is 2.48. The molecule has 2 N–H and O–H groups in total. The number of hydrogen-bond acceptors (Lipinski definition) is 4. The van der Waals surface area contributed by atoms with Crippen LogP contribution in [-0.4, -0.2) is 59.0 Å². The summed E-state index contributed by atoms with van der Waals surface area (Å²) in [5.74, 6) is -0.294. The van der Waals surface area contributed by atoms with Crippen LogP contribution < -0.4 is 10.1 Å². The van der Waals surface area contributed by atoms with Crippen molar-refractivity contribution in [1.82, 2.24) is 9.47 Å². The molecule has 40 heavy (non-hydrogen) atoms. The smallest absolute Gasteiger partial charge is 0.335 e. The van der Waals surface area contributed by atoms with Gasteiger partial charge in [-0.3, -0.25) is 0 Å². The maximum absolute atomic E-state index is 15.6.